The maximum Gasteiger partial charge on any atom is 0.326 e. The van der Waals surface area contributed by atoms with Crippen LogP contribution in [0.1, 0.15) is 15.9 Å². The van der Waals surface area contributed by atoms with E-state index < -0.39 is 11.9 Å². The first-order chi connectivity index (χ1) is 10.2. The molecule has 5 nitrogen and oxygen atoms in total. The van der Waals surface area contributed by atoms with Crippen molar-refractivity contribution in [2.45, 2.75) is 6.42 Å². The van der Waals surface area contributed by atoms with E-state index >= 15 is 0 Å². The lowest BCUT2D eigenvalue weighted by Gasteiger charge is -2.07. The van der Waals surface area contributed by atoms with E-state index in [9.17, 15) is 9.59 Å². The highest BCUT2D eigenvalue weighted by molar-refractivity contribution is 6.07. The zero-order valence-corrected chi connectivity index (χ0v) is 11.4. The number of anilines is 1. The Morgan fingerprint density at radius 3 is 2.24 bits per heavy atom. The second-order valence-corrected chi connectivity index (χ2v) is 4.44. The van der Waals surface area contributed by atoms with Crippen molar-refractivity contribution in [2.75, 3.05) is 11.9 Å². The Hall–Kier alpha value is -2.66. The number of rotatable bonds is 4. The number of urea groups is 1. The molecule has 0 bridgehead atoms. The molecular weight excluding hydrogens is 268 g/mol. The smallest absolute Gasteiger partial charge is 0.326 e. The number of carbonyl (C=O) groups excluding carboxylic acids is 2. The molecule has 0 fully saturated rings. The van der Waals surface area contributed by atoms with Crippen LogP contribution in [0.15, 0.2) is 54.6 Å². The minimum Gasteiger partial charge on any atom is -0.396 e. The summed E-state index contributed by atoms with van der Waals surface area (Å²) in [6.45, 7) is 0.0822. The Morgan fingerprint density at radius 1 is 0.952 bits per heavy atom. The summed E-state index contributed by atoms with van der Waals surface area (Å²) >= 11 is 0. The summed E-state index contributed by atoms with van der Waals surface area (Å²) in [5.41, 5.74) is 1.98. The fraction of sp³-hybridized carbons (Fsp3) is 0.125. The van der Waals surface area contributed by atoms with Gasteiger partial charge in [-0.3, -0.25) is 10.1 Å². The normalized spacial score (nSPS) is 9.95. The fourth-order valence-electron chi connectivity index (χ4n) is 1.81. The van der Waals surface area contributed by atoms with Gasteiger partial charge in [-0.1, -0.05) is 30.3 Å². The van der Waals surface area contributed by atoms with Gasteiger partial charge in [0, 0.05) is 17.9 Å². The largest absolute Gasteiger partial charge is 0.396 e. The summed E-state index contributed by atoms with van der Waals surface area (Å²) in [5, 5.41) is 13.7. The lowest BCUT2D eigenvalue weighted by molar-refractivity contribution is 0.0967. The number of benzene rings is 2. The number of imide groups is 1. The number of hydrogen-bond donors (Lipinski definition) is 3. The third-order valence-corrected chi connectivity index (χ3v) is 2.88. The van der Waals surface area contributed by atoms with Gasteiger partial charge in [0.05, 0.1) is 0 Å². The van der Waals surface area contributed by atoms with Crippen molar-refractivity contribution < 1.29 is 14.7 Å². The van der Waals surface area contributed by atoms with Gasteiger partial charge in [0.25, 0.3) is 5.91 Å². The SMILES string of the molecule is O=C(NC(=O)c1ccccc1)Nc1ccc(CCO)cc1. The van der Waals surface area contributed by atoms with Crippen LogP contribution in [0.2, 0.25) is 0 Å². The molecule has 0 saturated carbocycles. The zero-order chi connectivity index (χ0) is 15.1. The van der Waals surface area contributed by atoms with Crippen LogP contribution in [0.3, 0.4) is 0 Å². The Bertz CT molecular complexity index is 609. The highest BCUT2D eigenvalue weighted by atomic mass is 16.3. The topological polar surface area (TPSA) is 78.4 Å². The fourth-order valence-corrected chi connectivity index (χ4v) is 1.81. The van der Waals surface area contributed by atoms with Gasteiger partial charge in [-0.25, -0.2) is 4.79 Å². The Balaban J connectivity index is 1.91. The number of aliphatic hydroxyl groups is 1. The van der Waals surface area contributed by atoms with E-state index in [1.54, 1.807) is 42.5 Å². The Kier molecular flexibility index (Phi) is 5.06. The Morgan fingerprint density at radius 2 is 1.62 bits per heavy atom. The molecule has 2 aromatic rings. The molecule has 0 aliphatic heterocycles. The van der Waals surface area contributed by atoms with Crippen LogP contribution in [0.4, 0.5) is 10.5 Å². The van der Waals surface area contributed by atoms with Crippen LogP contribution in [0.25, 0.3) is 0 Å². The summed E-state index contributed by atoms with van der Waals surface area (Å²) in [6, 6.07) is 15.0. The van der Waals surface area contributed by atoms with Crippen LogP contribution < -0.4 is 10.6 Å². The maximum atomic E-state index is 11.8. The molecule has 0 heterocycles. The van der Waals surface area contributed by atoms with Gasteiger partial charge in [0.2, 0.25) is 0 Å². The van der Waals surface area contributed by atoms with Crippen LogP contribution in [-0.2, 0) is 6.42 Å². The van der Waals surface area contributed by atoms with Crippen molar-refractivity contribution in [1.82, 2.24) is 5.32 Å². The quantitative estimate of drug-likeness (QED) is 0.805. The van der Waals surface area contributed by atoms with Crippen LogP contribution in [-0.4, -0.2) is 23.7 Å². The van der Waals surface area contributed by atoms with E-state index in [0.29, 0.717) is 17.7 Å². The molecule has 3 amide bonds. The van der Waals surface area contributed by atoms with Gasteiger partial charge in [0.1, 0.15) is 0 Å². The molecular formula is C16H16N2O3. The Labute approximate surface area is 122 Å². The highest BCUT2D eigenvalue weighted by Gasteiger charge is 2.09. The second-order valence-electron chi connectivity index (χ2n) is 4.44. The predicted molar refractivity (Wildman–Crippen MR) is 80.2 cm³/mol. The third kappa shape index (κ3) is 4.43. The third-order valence-electron chi connectivity index (χ3n) is 2.88. The molecule has 0 saturated heterocycles. The number of hydrogen-bond acceptors (Lipinski definition) is 3. The average Bonchev–Trinajstić information content (AvgIpc) is 2.50. The van der Waals surface area contributed by atoms with Crippen molar-refractivity contribution >= 4 is 17.6 Å². The molecule has 0 aliphatic carbocycles. The van der Waals surface area contributed by atoms with E-state index in [2.05, 4.69) is 10.6 Å². The minimum atomic E-state index is -0.584. The van der Waals surface area contributed by atoms with E-state index in [1.807, 2.05) is 12.1 Å². The minimum absolute atomic E-state index is 0.0822. The van der Waals surface area contributed by atoms with Gasteiger partial charge in [-0.2, -0.15) is 0 Å². The summed E-state index contributed by atoms with van der Waals surface area (Å²) in [4.78, 5) is 23.5. The molecule has 108 valence electrons. The van der Waals surface area contributed by atoms with Gasteiger partial charge in [-0.15, -0.1) is 0 Å². The van der Waals surface area contributed by atoms with E-state index in [-0.39, 0.29) is 6.61 Å². The molecule has 3 N–H and O–H groups in total. The van der Waals surface area contributed by atoms with Gasteiger partial charge < -0.3 is 10.4 Å². The molecule has 2 rings (SSSR count). The van der Waals surface area contributed by atoms with E-state index in [1.165, 1.54) is 0 Å². The molecule has 5 heteroatoms. The summed E-state index contributed by atoms with van der Waals surface area (Å²) in [5.74, 6) is -0.454. The number of amides is 3. The van der Waals surface area contributed by atoms with Gasteiger partial charge in [0.15, 0.2) is 0 Å². The van der Waals surface area contributed by atoms with Gasteiger partial charge in [-0.05, 0) is 36.2 Å². The van der Waals surface area contributed by atoms with Crippen molar-refractivity contribution in [3.05, 3.63) is 65.7 Å². The molecule has 0 radical (unpaired) electrons. The predicted octanol–water partition coefficient (Wildman–Crippen LogP) is 2.18. The van der Waals surface area contributed by atoms with Crippen molar-refractivity contribution in [1.29, 1.82) is 0 Å². The molecule has 0 unspecified atom stereocenters. The van der Waals surface area contributed by atoms with Crippen LogP contribution >= 0.6 is 0 Å². The van der Waals surface area contributed by atoms with Crippen molar-refractivity contribution in [3.63, 3.8) is 0 Å². The molecule has 0 aromatic heterocycles. The lowest BCUT2D eigenvalue weighted by Crippen LogP contribution is -2.34. The lowest BCUT2D eigenvalue weighted by atomic mass is 10.1. The zero-order valence-electron chi connectivity index (χ0n) is 11.4. The van der Waals surface area contributed by atoms with E-state index in [0.717, 1.165) is 5.56 Å². The summed E-state index contributed by atoms with van der Waals surface area (Å²) in [6.07, 6.45) is 0.568. The standard InChI is InChI=1S/C16H16N2O3/c19-11-10-12-6-8-14(9-7-12)17-16(21)18-15(20)13-4-2-1-3-5-13/h1-9,19H,10-11H2,(H2,17,18,20,21). The molecule has 0 aliphatic rings. The van der Waals surface area contributed by atoms with Crippen molar-refractivity contribution in [3.8, 4) is 0 Å². The number of carbonyl (C=O) groups is 2. The first-order valence-electron chi connectivity index (χ1n) is 6.56. The molecule has 0 spiro atoms. The van der Waals surface area contributed by atoms with Crippen LogP contribution in [0, 0.1) is 0 Å². The maximum absolute atomic E-state index is 11.8. The first kappa shape index (κ1) is 14.7. The molecule has 21 heavy (non-hydrogen) atoms. The van der Waals surface area contributed by atoms with E-state index in [4.69, 9.17) is 5.11 Å². The number of aliphatic hydroxyl groups excluding tert-OH is 1. The second kappa shape index (κ2) is 7.21. The van der Waals surface area contributed by atoms with Gasteiger partial charge >= 0.3 is 6.03 Å². The summed E-state index contributed by atoms with van der Waals surface area (Å²) in [7, 11) is 0. The molecule has 2 aromatic carbocycles. The first-order valence-corrected chi connectivity index (χ1v) is 6.56. The highest BCUT2D eigenvalue weighted by Crippen LogP contribution is 2.09. The number of nitrogens with one attached hydrogen (secondary N) is 2. The van der Waals surface area contributed by atoms with Crippen LogP contribution in [0.5, 0.6) is 0 Å². The average molecular weight is 284 g/mol. The monoisotopic (exact) mass is 284 g/mol. The molecule has 0 atom stereocenters. The van der Waals surface area contributed by atoms with Crippen molar-refractivity contribution in [2.24, 2.45) is 0 Å². The summed E-state index contributed by atoms with van der Waals surface area (Å²) < 4.78 is 0.